The summed E-state index contributed by atoms with van der Waals surface area (Å²) in [7, 11) is 0. The Morgan fingerprint density at radius 1 is 1.27 bits per heavy atom. The molecule has 0 bridgehead atoms. The Balaban J connectivity index is 2.08. The van der Waals surface area contributed by atoms with E-state index in [9.17, 15) is 19.7 Å². The van der Waals surface area contributed by atoms with Gasteiger partial charge in [0.1, 0.15) is 5.56 Å². The molecule has 2 aromatic rings. The summed E-state index contributed by atoms with van der Waals surface area (Å²) >= 11 is 11.8. The summed E-state index contributed by atoms with van der Waals surface area (Å²) in [5.74, 6) is -1.61. The zero-order chi connectivity index (χ0) is 19.4. The van der Waals surface area contributed by atoms with Crippen LogP contribution in [-0.4, -0.2) is 28.4 Å². The van der Waals surface area contributed by atoms with Crippen molar-refractivity contribution in [3.8, 4) is 0 Å². The maximum atomic E-state index is 12.1. The summed E-state index contributed by atoms with van der Waals surface area (Å²) in [6.07, 6.45) is 0. The van der Waals surface area contributed by atoms with E-state index in [2.05, 4.69) is 10.3 Å². The van der Waals surface area contributed by atoms with Gasteiger partial charge in [-0.15, -0.1) is 0 Å². The number of ether oxygens (including phenoxy) is 1. The molecule has 2 rings (SSSR count). The molecule has 0 saturated heterocycles. The van der Waals surface area contributed by atoms with Crippen molar-refractivity contribution in [2.75, 3.05) is 11.9 Å². The number of nitrogens with one attached hydrogen (secondary N) is 1. The topological polar surface area (TPSA) is 111 Å². The van der Waals surface area contributed by atoms with Crippen molar-refractivity contribution < 1.29 is 19.2 Å². The molecule has 26 heavy (non-hydrogen) atoms. The third-order valence-electron chi connectivity index (χ3n) is 3.35. The molecule has 1 N–H and O–H groups in total. The minimum Gasteiger partial charge on any atom is -0.452 e. The first-order chi connectivity index (χ1) is 12.2. The number of carbonyl (C=O) groups is 2. The Morgan fingerprint density at radius 2 is 1.96 bits per heavy atom. The van der Waals surface area contributed by atoms with Crippen LogP contribution in [0.2, 0.25) is 10.0 Å². The monoisotopic (exact) mass is 397 g/mol. The van der Waals surface area contributed by atoms with Gasteiger partial charge < -0.3 is 10.1 Å². The van der Waals surface area contributed by atoms with Crippen LogP contribution < -0.4 is 5.32 Å². The zero-order valence-electron chi connectivity index (χ0n) is 13.7. The second kappa shape index (κ2) is 8.11. The average molecular weight is 398 g/mol. The van der Waals surface area contributed by atoms with Crippen molar-refractivity contribution in [3.05, 3.63) is 61.2 Å². The molecule has 0 unspecified atom stereocenters. The van der Waals surface area contributed by atoms with Gasteiger partial charge in [-0.2, -0.15) is 0 Å². The standard InChI is InChI=1S/C16H13Cl2N3O5/c1-8-4-3-5-12(21(24)25)14(8)16(23)26-7-13(22)20-15-11(18)6-10(17)9(2)19-15/h3-6H,7H2,1-2H3,(H,19,20,22). The Morgan fingerprint density at radius 3 is 2.62 bits per heavy atom. The summed E-state index contributed by atoms with van der Waals surface area (Å²) < 4.78 is 4.88. The largest absolute Gasteiger partial charge is 0.452 e. The fourth-order valence-corrected chi connectivity index (χ4v) is 2.49. The highest BCUT2D eigenvalue weighted by molar-refractivity contribution is 6.36. The Hall–Kier alpha value is -2.71. The van der Waals surface area contributed by atoms with Gasteiger partial charge >= 0.3 is 5.97 Å². The van der Waals surface area contributed by atoms with Crippen molar-refractivity contribution in [1.29, 1.82) is 0 Å². The zero-order valence-corrected chi connectivity index (χ0v) is 15.2. The second-order valence-electron chi connectivity index (χ2n) is 5.24. The van der Waals surface area contributed by atoms with Gasteiger partial charge in [0.15, 0.2) is 12.4 Å². The van der Waals surface area contributed by atoms with E-state index in [0.29, 0.717) is 16.3 Å². The van der Waals surface area contributed by atoms with Crippen molar-refractivity contribution in [3.63, 3.8) is 0 Å². The van der Waals surface area contributed by atoms with E-state index >= 15 is 0 Å². The predicted molar refractivity (Wildman–Crippen MR) is 95.7 cm³/mol. The first-order valence-corrected chi connectivity index (χ1v) is 8.00. The van der Waals surface area contributed by atoms with Crippen LogP contribution in [-0.2, 0) is 9.53 Å². The summed E-state index contributed by atoms with van der Waals surface area (Å²) in [5.41, 5.74) is 0.221. The molecule has 1 aromatic heterocycles. The number of halogens is 2. The molecule has 1 aromatic carbocycles. The number of aryl methyl sites for hydroxylation is 2. The van der Waals surface area contributed by atoms with Gasteiger partial charge in [0.05, 0.1) is 20.7 Å². The molecule has 10 heteroatoms. The molecule has 1 heterocycles. The quantitative estimate of drug-likeness (QED) is 0.467. The van der Waals surface area contributed by atoms with E-state index in [1.54, 1.807) is 6.92 Å². The van der Waals surface area contributed by atoms with Crippen molar-refractivity contribution in [1.82, 2.24) is 4.98 Å². The minimum absolute atomic E-state index is 0.0662. The first kappa shape index (κ1) is 19.6. The normalized spacial score (nSPS) is 10.3. The van der Waals surface area contributed by atoms with Gasteiger partial charge in [-0.1, -0.05) is 35.3 Å². The minimum atomic E-state index is -0.976. The van der Waals surface area contributed by atoms with Crippen molar-refractivity contribution in [2.24, 2.45) is 0 Å². The molecule has 1 amide bonds. The number of anilines is 1. The number of esters is 1. The lowest BCUT2D eigenvalue weighted by molar-refractivity contribution is -0.385. The number of hydrogen-bond acceptors (Lipinski definition) is 6. The molecule has 136 valence electrons. The second-order valence-corrected chi connectivity index (χ2v) is 6.05. The van der Waals surface area contributed by atoms with Gasteiger partial charge in [0, 0.05) is 6.07 Å². The van der Waals surface area contributed by atoms with Crippen LogP contribution in [0.5, 0.6) is 0 Å². The van der Waals surface area contributed by atoms with E-state index in [-0.39, 0.29) is 16.4 Å². The molecule has 0 saturated carbocycles. The molecule has 0 fully saturated rings. The molecule has 0 aliphatic rings. The number of nitrogens with zero attached hydrogens (tertiary/aromatic N) is 2. The first-order valence-electron chi connectivity index (χ1n) is 7.24. The van der Waals surface area contributed by atoms with E-state index in [1.165, 1.54) is 31.2 Å². The van der Waals surface area contributed by atoms with E-state index in [0.717, 1.165) is 0 Å². The number of pyridine rings is 1. The molecule has 0 radical (unpaired) electrons. The summed E-state index contributed by atoms with van der Waals surface area (Å²) in [4.78, 5) is 38.5. The van der Waals surface area contributed by atoms with Gasteiger partial charge in [-0.3, -0.25) is 14.9 Å². The van der Waals surface area contributed by atoms with Crippen molar-refractivity contribution in [2.45, 2.75) is 13.8 Å². The van der Waals surface area contributed by atoms with Gasteiger partial charge in [-0.25, -0.2) is 9.78 Å². The maximum absolute atomic E-state index is 12.1. The molecule has 0 aliphatic heterocycles. The summed E-state index contributed by atoms with van der Waals surface area (Å²) in [6, 6.07) is 5.59. The highest BCUT2D eigenvalue weighted by atomic mass is 35.5. The van der Waals surface area contributed by atoms with E-state index < -0.39 is 29.1 Å². The van der Waals surface area contributed by atoms with Crippen LogP contribution in [0.15, 0.2) is 24.3 Å². The third kappa shape index (κ3) is 4.47. The Labute approximate surface area is 158 Å². The number of rotatable bonds is 5. The van der Waals surface area contributed by atoms with Gasteiger partial charge in [0.2, 0.25) is 0 Å². The summed E-state index contributed by atoms with van der Waals surface area (Å²) in [6.45, 7) is 2.50. The van der Waals surface area contributed by atoms with Gasteiger partial charge in [-0.05, 0) is 25.5 Å². The lowest BCUT2D eigenvalue weighted by atomic mass is 10.1. The predicted octanol–water partition coefficient (Wildman–Crippen LogP) is 3.71. The number of nitro groups is 1. The Bertz CT molecular complexity index is 902. The maximum Gasteiger partial charge on any atom is 0.345 e. The average Bonchev–Trinajstić information content (AvgIpc) is 2.57. The molecule has 0 spiro atoms. The van der Waals surface area contributed by atoms with E-state index in [4.69, 9.17) is 27.9 Å². The van der Waals surface area contributed by atoms with E-state index in [1.807, 2.05) is 0 Å². The van der Waals surface area contributed by atoms with Crippen LogP contribution in [0.25, 0.3) is 0 Å². The smallest absolute Gasteiger partial charge is 0.345 e. The number of aromatic nitrogens is 1. The van der Waals surface area contributed by atoms with Crippen LogP contribution in [0.4, 0.5) is 11.5 Å². The van der Waals surface area contributed by atoms with Crippen LogP contribution in [0.3, 0.4) is 0 Å². The molecule has 8 nitrogen and oxygen atoms in total. The van der Waals surface area contributed by atoms with Crippen molar-refractivity contribution >= 4 is 46.6 Å². The number of benzene rings is 1. The molecule has 0 aliphatic carbocycles. The number of carbonyl (C=O) groups excluding carboxylic acids is 2. The number of hydrogen-bond donors (Lipinski definition) is 1. The van der Waals surface area contributed by atoms with Crippen LogP contribution >= 0.6 is 23.2 Å². The lowest BCUT2D eigenvalue weighted by Gasteiger charge is -2.10. The highest BCUT2D eigenvalue weighted by Gasteiger charge is 2.24. The summed E-state index contributed by atoms with van der Waals surface area (Å²) in [5, 5.41) is 13.9. The Kier molecular flexibility index (Phi) is 6.12. The molecular formula is C16H13Cl2N3O5. The number of amides is 1. The number of nitro benzene ring substituents is 1. The van der Waals surface area contributed by atoms with Crippen LogP contribution in [0.1, 0.15) is 21.6 Å². The SMILES string of the molecule is Cc1cccc([N+](=O)[O-])c1C(=O)OCC(=O)Nc1nc(C)c(Cl)cc1Cl. The third-order valence-corrected chi connectivity index (χ3v) is 4.02. The highest BCUT2D eigenvalue weighted by Crippen LogP contribution is 2.26. The van der Waals surface area contributed by atoms with Crippen LogP contribution in [0, 0.1) is 24.0 Å². The fraction of sp³-hybridized carbons (Fsp3) is 0.188. The lowest BCUT2D eigenvalue weighted by Crippen LogP contribution is -2.22. The van der Waals surface area contributed by atoms with Gasteiger partial charge in [0.25, 0.3) is 11.6 Å². The molecular weight excluding hydrogens is 385 g/mol. The molecule has 0 atom stereocenters. The fourth-order valence-electron chi connectivity index (χ4n) is 2.09.